The number of anilines is 1. The highest BCUT2D eigenvalue weighted by Crippen LogP contribution is 2.28. The number of H-pyrrole nitrogens is 1. The van der Waals surface area contributed by atoms with Gasteiger partial charge in [0, 0.05) is 32.7 Å². The Morgan fingerprint density at radius 1 is 1.23 bits per heavy atom. The van der Waals surface area contributed by atoms with Crippen molar-refractivity contribution >= 4 is 16.7 Å². The van der Waals surface area contributed by atoms with Crippen molar-refractivity contribution < 1.29 is 0 Å². The van der Waals surface area contributed by atoms with E-state index < -0.39 is 11.2 Å². The normalized spacial score (nSPS) is 11.0. The lowest BCUT2D eigenvalue weighted by molar-refractivity contribution is 0.622. The molecule has 26 heavy (non-hydrogen) atoms. The van der Waals surface area contributed by atoms with E-state index in [2.05, 4.69) is 21.0 Å². The molecule has 8 heteroatoms. The number of aromatic amines is 1. The second kappa shape index (κ2) is 6.96. The number of aryl methyl sites for hydroxylation is 2. The van der Waals surface area contributed by atoms with E-state index in [0.717, 1.165) is 29.6 Å². The Bertz CT molecular complexity index is 1090. The van der Waals surface area contributed by atoms with Crippen LogP contribution in [0.4, 0.5) is 5.69 Å². The van der Waals surface area contributed by atoms with Crippen LogP contribution in [-0.4, -0.2) is 33.6 Å². The molecule has 0 saturated carbocycles. The summed E-state index contributed by atoms with van der Waals surface area (Å²) < 4.78 is 1.86. The van der Waals surface area contributed by atoms with Gasteiger partial charge in [0.25, 0.3) is 5.56 Å². The summed E-state index contributed by atoms with van der Waals surface area (Å²) in [4.78, 5) is 36.6. The summed E-state index contributed by atoms with van der Waals surface area (Å²) in [5.41, 5.74) is 2.46. The van der Waals surface area contributed by atoms with Crippen molar-refractivity contribution in [3.8, 4) is 17.6 Å². The summed E-state index contributed by atoms with van der Waals surface area (Å²) in [7, 11) is 3.91. The van der Waals surface area contributed by atoms with Crippen LogP contribution in [-0.2, 0) is 6.54 Å². The number of aromatic nitrogens is 4. The van der Waals surface area contributed by atoms with E-state index in [9.17, 15) is 9.59 Å². The van der Waals surface area contributed by atoms with Crippen LogP contribution in [0.1, 0.15) is 24.8 Å². The van der Waals surface area contributed by atoms with Crippen LogP contribution >= 0.6 is 0 Å². The van der Waals surface area contributed by atoms with Gasteiger partial charge in [0.15, 0.2) is 11.5 Å². The molecule has 0 atom stereocenters. The fraction of sp³-hybridized carbons (Fsp3) is 0.389. The van der Waals surface area contributed by atoms with Gasteiger partial charge in [0.2, 0.25) is 0 Å². The van der Waals surface area contributed by atoms with Gasteiger partial charge in [0.1, 0.15) is 0 Å². The molecule has 0 aromatic heterocycles. The molecule has 0 spiro atoms. The van der Waals surface area contributed by atoms with Crippen LogP contribution in [0.3, 0.4) is 0 Å². The molecule has 8 nitrogen and oxygen atoms in total. The molecule has 1 aromatic carbocycles. The van der Waals surface area contributed by atoms with E-state index in [1.807, 2.05) is 42.6 Å². The first-order valence-corrected chi connectivity index (χ1v) is 8.42. The van der Waals surface area contributed by atoms with Crippen LogP contribution in [0.15, 0.2) is 21.7 Å². The van der Waals surface area contributed by atoms with Crippen molar-refractivity contribution in [1.82, 2.24) is 19.5 Å². The van der Waals surface area contributed by atoms with E-state index in [-0.39, 0.29) is 11.5 Å². The highest BCUT2D eigenvalue weighted by Gasteiger charge is 2.19. The Kier molecular flexibility index (Phi) is 4.71. The molecule has 1 N–H and O–H groups in total. The van der Waals surface area contributed by atoms with Crippen molar-refractivity contribution in [2.75, 3.05) is 19.0 Å². The minimum Gasteiger partial charge on any atom is -0.377 e. The predicted molar refractivity (Wildman–Crippen MR) is 99.6 cm³/mol. The first kappa shape index (κ1) is 17.6. The minimum atomic E-state index is -0.686. The maximum Gasteiger partial charge on any atom is 0.349 e. The van der Waals surface area contributed by atoms with Crippen LogP contribution in [0.2, 0.25) is 0 Å². The van der Waals surface area contributed by atoms with E-state index in [1.165, 1.54) is 0 Å². The van der Waals surface area contributed by atoms with Crippen LogP contribution in [0, 0.1) is 18.3 Å². The molecule has 0 radical (unpaired) electrons. The van der Waals surface area contributed by atoms with Gasteiger partial charge in [0.05, 0.1) is 17.1 Å². The maximum absolute atomic E-state index is 12.2. The Morgan fingerprint density at radius 3 is 2.69 bits per heavy atom. The Morgan fingerprint density at radius 2 is 2.00 bits per heavy atom. The molecule has 2 aliphatic rings. The summed E-state index contributed by atoms with van der Waals surface area (Å²) in [6.07, 6.45) is 1.93. The second-order valence-corrected chi connectivity index (χ2v) is 6.44. The van der Waals surface area contributed by atoms with E-state index in [4.69, 9.17) is 5.26 Å². The zero-order chi connectivity index (χ0) is 18.8. The van der Waals surface area contributed by atoms with Crippen LogP contribution in [0.25, 0.3) is 22.6 Å². The van der Waals surface area contributed by atoms with Gasteiger partial charge >= 0.3 is 5.69 Å². The molecule has 0 unspecified atom stereocenters. The number of hydrogen-bond donors (Lipinski definition) is 1. The summed E-state index contributed by atoms with van der Waals surface area (Å²) >= 11 is 0. The molecule has 2 heterocycles. The highest BCUT2D eigenvalue weighted by atomic mass is 16.2. The lowest BCUT2D eigenvalue weighted by Gasteiger charge is -2.21. The van der Waals surface area contributed by atoms with Crippen molar-refractivity contribution in [3.63, 3.8) is 0 Å². The van der Waals surface area contributed by atoms with Crippen molar-refractivity contribution in [2.45, 2.75) is 32.7 Å². The Hall–Kier alpha value is -3.21. The minimum absolute atomic E-state index is 0.148. The standard InChI is InChI=1S/C18H20N6O2/c1-11-9-12-14(10-13(11)23(2)3)24(8-6-4-5-7-19)16-15(20-12)17(25)22-18(26)21-16/h9-10H,4-6,8H2,1-3H3,(H,22,25,26). The van der Waals surface area contributed by atoms with Gasteiger partial charge < -0.3 is 9.47 Å². The molecule has 0 saturated heterocycles. The fourth-order valence-electron chi connectivity index (χ4n) is 3.12. The molecule has 0 amide bonds. The van der Waals surface area contributed by atoms with Gasteiger partial charge in [-0.05, 0) is 37.5 Å². The first-order valence-electron chi connectivity index (χ1n) is 8.42. The molecule has 0 bridgehead atoms. The summed E-state index contributed by atoms with van der Waals surface area (Å²) in [5.74, 6) is 0.275. The molecular formula is C18H20N6O2. The van der Waals surface area contributed by atoms with Gasteiger partial charge in [-0.3, -0.25) is 9.78 Å². The van der Waals surface area contributed by atoms with Crippen LogP contribution < -0.4 is 16.1 Å². The smallest absolute Gasteiger partial charge is 0.349 e. The lowest BCUT2D eigenvalue weighted by atomic mass is 10.1. The Balaban J connectivity index is 2.31. The van der Waals surface area contributed by atoms with Crippen molar-refractivity contribution in [3.05, 3.63) is 38.5 Å². The first-order chi connectivity index (χ1) is 12.4. The lowest BCUT2D eigenvalue weighted by Crippen LogP contribution is -2.29. The van der Waals surface area contributed by atoms with Crippen LogP contribution in [0.5, 0.6) is 0 Å². The fourth-order valence-corrected chi connectivity index (χ4v) is 3.12. The van der Waals surface area contributed by atoms with Gasteiger partial charge in [-0.1, -0.05) is 0 Å². The molecule has 134 valence electrons. The molecule has 3 rings (SSSR count). The zero-order valence-corrected chi connectivity index (χ0v) is 15.0. The number of rotatable bonds is 5. The molecular weight excluding hydrogens is 332 g/mol. The van der Waals surface area contributed by atoms with Gasteiger partial charge in [-0.2, -0.15) is 10.2 Å². The zero-order valence-electron chi connectivity index (χ0n) is 15.0. The summed E-state index contributed by atoms with van der Waals surface area (Å²) in [6, 6.07) is 6.05. The van der Waals surface area contributed by atoms with E-state index in [1.54, 1.807) is 0 Å². The average Bonchev–Trinajstić information content (AvgIpc) is 2.57. The number of benzene rings is 1. The number of unbranched alkanes of at least 4 members (excludes halogenated alkanes) is 2. The molecule has 0 aliphatic carbocycles. The number of hydrogen-bond acceptors (Lipinski definition) is 6. The average molecular weight is 352 g/mol. The summed E-state index contributed by atoms with van der Waals surface area (Å²) in [6.45, 7) is 2.53. The third kappa shape index (κ3) is 3.16. The predicted octanol–water partition coefficient (Wildman–Crippen LogP) is 1.65. The number of nitriles is 1. The Labute approximate surface area is 150 Å². The monoisotopic (exact) mass is 352 g/mol. The molecule has 1 aromatic rings. The van der Waals surface area contributed by atoms with Crippen molar-refractivity contribution in [2.24, 2.45) is 0 Å². The number of fused-ring (bicyclic) bond motifs is 2. The topological polar surface area (TPSA) is 108 Å². The third-order valence-electron chi connectivity index (χ3n) is 4.33. The molecule has 0 fully saturated rings. The second-order valence-electron chi connectivity index (χ2n) is 6.44. The van der Waals surface area contributed by atoms with Gasteiger partial charge in [-0.25, -0.2) is 9.78 Å². The SMILES string of the molecule is Cc1cc2nc3c(=O)[nH]c(=O)nc-3n(CCCCC#N)c2cc1N(C)C. The third-order valence-corrected chi connectivity index (χ3v) is 4.33. The number of nitrogens with zero attached hydrogens (tertiary/aromatic N) is 5. The van der Waals surface area contributed by atoms with E-state index >= 15 is 0 Å². The largest absolute Gasteiger partial charge is 0.377 e. The van der Waals surface area contributed by atoms with Crippen molar-refractivity contribution in [1.29, 1.82) is 5.26 Å². The quantitative estimate of drug-likeness (QED) is 0.552. The molecule has 2 aliphatic heterocycles. The maximum atomic E-state index is 12.2. The number of nitrogens with one attached hydrogen (secondary N) is 1. The van der Waals surface area contributed by atoms with Gasteiger partial charge in [-0.15, -0.1) is 0 Å². The highest BCUT2D eigenvalue weighted by molar-refractivity contribution is 5.84. The van der Waals surface area contributed by atoms with E-state index in [0.29, 0.717) is 18.5 Å². The summed E-state index contributed by atoms with van der Waals surface area (Å²) in [5, 5.41) is 8.74.